The monoisotopic (exact) mass is 378 g/mol. The Morgan fingerprint density at radius 2 is 2.14 bits per heavy atom. The number of hydrogen-bond donors (Lipinski definition) is 2. The first-order chi connectivity index (χ1) is 13.6. The van der Waals surface area contributed by atoms with E-state index < -0.39 is 0 Å². The predicted molar refractivity (Wildman–Crippen MR) is 102 cm³/mol. The van der Waals surface area contributed by atoms with Gasteiger partial charge in [0.25, 0.3) is 0 Å². The summed E-state index contributed by atoms with van der Waals surface area (Å²) in [5.41, 5.74) is 2.29. The van der Waals surface area contributed by atoms with Crippen LogP contribution >= 0.6 is 0 Å². The molecule has 4 aromatic rings. The highest BCUT2D eigenvalue weighted by molar-refractivity contribution is 5.98. The molecular formula is C19H18N6O3. The van der Waals surface area contributed by atoms with E-state index in [-0.39, 0.29) is 12.3 Å². The molecule has 2 N–H and O–H groups in total. The first kappa shape index (κ1) is 17.7. The molecule has 4 rings (SSSR count). The van der Waals surface area contributed by atoms with E-state index in [1.165, 1.54) is 0 Å². The van der Waals surface area contributed by atoms with Gasteiger partial charge in [-0.05, 0) is 31.2 Å². The Labute approximate surface area is 160 Å². The molecule has 142 valence electrons. The summed E-state index contributed by atoms with van der Waals surface area (Å²) in [5, 5.41) is 14.4. The molecule has 0 aliphatic heterocycles. The van der Waals surface area contributed by atoms with E-state index in [4.69, 9.17) is 9.26 Å². The van der Waals surface area contributed by atoms with Crippen LogP contribution in [0.25, 0.3) is 22.4 Å². The number of hydrogen-bond acceptors (Lipinski definition) is 7. The van der Waals surface area contributed by atoms with Gasteiger partial charge >= 0.3 is 0 Å². The molecule has 9 heteroatoms. The number of carbonyl (C=O) groups is 1. The number of benzene rings is 1. The van der Waals surface area contributed by atoms with Crippen molar-refractivity contribution >= 4 is 22.8 Å². The number of rotatable bonds is 6. The highest BCUT2D eigenvalue weighted by Gasteiger charge is 2.14. The number of anilines is 1. The second kappa shape index (κ2) is 7.47. The van der Waals surface area contributed by atoms with Crippen LogP contribution in [0.2, 0.25) is 0 Å². The Morgan fingerprint density at radius 3 is 3.00 bits per heavy atom. The maximum Gasteiger partial charge on any atom is 0.227 e. The highest BCUT2D eigenvalue weighted by atomic mass is 16.5. The molecule has 0 atom stereocenters. The summed E-state index contributed by atoms with van der Waals surface area (Å²) in [5.74, 6) is 1.80. The van der Waals surface area contributed by atoms with Crippen molar-refractivity contribution in [1.82, 2.24) is 25.3 Å². The fourth-order valence-electron chi connectivity index (χ4n) is 2.75. The molecule has 1 amide bonds. The van der Waals surface area contributed by atoms with Gasteiger partial charge < -0.3 is 14.6 Å². The van der Waals surface area contributed by atoms with E-state index in [0.717, 1.165) is 16.6 Å². The number of nitrogens with one attached hydrogen (secondary N) is 2. The minimum atomic E-state index is -0.199. The van der Waals surface area contributed by atoms with E-state index in [9.17, 15) is 4.79 Å². The number of aryl methyl sites for hydroxylation is 2. The third-order valence-electron chi connectivity index (χ3n) is 4.18. The number of fused-ring (bicyclic) bond motifs is 1. The van der Waals surface area contributed by atoms with Gasteiger partial charge in [-0.3, -0.25) is 9.89 Å². The molecule has 28 heavy (non-hydrogen) atoms. The van der Waals surface area contributed by atoms with Crippen LogP contribution in [0.5, 0.6) is 5.75 Å². The van der Waals surface area contributed by atoms with Gasteiger partial charge in [0.05, 0.1) is 12.5 Å². The minimum absolute atomic E-state index is 0.188. The van der Waals surface area contributed by atoms with E-state index in [0.29, 0.717) is 35.4 Å². The number of aromatic amines is 1. The summed E-state index contributed by atoms with van der Waals surface area (Å²) >= 11 is 0. The fraction of sp³-hybridized carbons (Fsp3) is 0.211. The van der Waals surface area contributed by atoms with Crippen LogP contribution in [0.1, 0.15) is 18.0 Å². The normalized spacial score (nSPS) is 10.9. The van der Waals surface area contributed by atoms with Gasteiger partial charge in [-0.25, -0.2) is 4.98 Å². The van der Waals surface area contributed by atoms with Crippen molar-refractivity contribution in [3.8, 4) is 17.1 Å². The molecule has 0 saturated heterocycles. The second-order valence-corrected chi connectivity index (χ2v) is 6.21. The number of methoxy groups -OCH3 is 1. The van der Waals surface area contributed by atoms with E-state index in [2.05, 4.69) is 30.6 Å². The molecule has 0 bridgehead atoms. The topological polar surface area (TPSA) is 119 Å². The number of ether oxygens (including phenoxy) is 1. The summed E-state index contributed by atoms with van der Waals surface area (Å²) < 4.78 is 10.4. The van der Waals surface area contributed by atoms with Crippen molar-refractivity contribution in [2.45, 2.75) is 19.8 Å². The quantitative estimate of drug-likeness (QED) is 0.529. The largest absolute Gasteiger partial charge is 0.497 e. The van der Waals surface area contributed by atoms with E-state index in [1.54, 1.807) is 7.11 Å². The van der Waals surface area contributed by atoms with Crippen LogP contribution in [0, 0.1) is 6.92 Å². The summed E-state index contributed by atoms with van der Waals surface area (Å²) in [6.07, 6.45) is 0.510. The molecule has 3 heterocycles. The first-order valence-electron chi connectivity index (χ1n) is 8.71. The van der Waals surface area contributed by atoms with Gasteiger partial charge in [0.15, 0.2) is 11.5 Å². The zero-order valence-electron chi connectivity index (χ0n) is 15.4. The van der Waals surface area contributed by atoms with Gasteiger partial charge in [0.2, 0.25) is 17.6 Å². The van der Waals surface area contributed by atoms with Crippen LogP contribution in [0.4, 0.5) is 5.82 Å². The maximum atomic E-state index is 12.3. The molecule has 1 aromatic carbocycles. The van der Waals surface area contributed by atoms with Crippen LogP contribution in [0.15, 0.2) is 40.9 Å². The lowest BCUT2D eigenvalue weighted by molar-refractivity contribution is -0.116. The Bertz CT molecular complexity index is 1130. The van der Waals surface area contributed by atoms with Gasteiger partial charge in [0.1, 0.15) is 5.75 Å². The second-order valence-electron chi connectivity index (χ2n) is 6.21. The third-order valence-corrected chi connectivity index (χ3v) is 4.18. The highest BCUT2D eigenvalue weighted by Crippen LogP contribution is 2.22. The molecule has 0 spiro atoms. The third kappa shape index (κ3) is 3.68. The summed E-state index contributed by atoms with van der Waals surface area (Å²) in [4.78, 5) is 20.9. The zero-order chi connectivity index (χ0) is 19.5. The molecule has 0 radical (unpaired) electrons. The molecule has 0 saturated carbocycles. The van der Waals surface area contributed by atoms with Crippen molar-refractivity contribution in [3.05, 3.63) is 48.0 Å². The molecule has 3 aromatic heterocycles. The molecule has 9 nitrogen and oxygen atoms in total. The first-order valence-corrected chi connectivity index (χ1v) is 8.71. The van der Waals surface area contributed by atoms with Crippen LogP contribution in [-0.2, 0) is 11.2 Å². The Morgan fingerprint density at radius 1 is 1.25 bits per heavy atom. The lowest BCUT2D eigenvalue weighted by Crippen LogP contribution is -2.13. The standard InChI is InChI=1S/C19H18N6O3/c1-11-6-7-14-18(20-11)23-24-19(14)21-15(26)8-9-16-22-17(25-28-16)12-4-3-5-13(10-12)27-2/h3-7,10H,8-9H2,1-2H3,(H2,20,21,23,24,26). The lowest BCUT2D eigenvalue weighted by Gasteiger charge is -2.01. The summed E-state index contributed by atoms with van der Waals surface area (Å²) in [7, 11) is 1.60. The van der Waals surface area contributed by atoms with E-state index in [1.807, 2.05) is 43.3 Å². The van der Waals surface area contributed by atoms with Gasteiger partial charge in [-0.1, -0.05) is 17.3 Å². The van der Waals surface area contributed by atoms with Gasteiger partial charge in [0, 0.05) is 24.1 Å². The number of carbonyl (C=O) groups excluding carboxylic acids is 1. The van der Waals surface area contributed by atoms with Crippen LogP contribution < -0.4 is 10.1 Å². The van der Waals surface area contributed by atoms with Crippen molar-refractivity contribution < 1.29 is 14.1 Å². The van der Waals surface area contributed by atoms with E-state index >= 15 is 0 Å². The minimum Gasteiger partial charge on any atom is -0.497 e. The number of aromatic nitrogens is 5. The number of pyridine rings is 1. The maximum absolute atomic E-state index is 12.3. The number of amides is 1. The molecule has 0 aliphatic carbocycles. The number of nitrogens with zero attached hydrogens (tertiary/aromatic N) is 4. The Hall–Kier alpha value is -3.75. The molecular weight excluding hydrogens is 360 g/mol. The fourth-order valence-corrected chi connectivity index (χ4v) is 2.75. The van der Waals surface area contributed by atoms with Crippen molar-refractivity contribution in [1.29, 1.82) is 0 Å². The van der Waals surface area contributed by atoms with Crippen LogP contribution in [-0.4, -0.2) is 38.3 Å². The Kier molecular flexibility index (Phi) is 4.71. The Balaban J connectivity index is 1.39. The molecule has 0 aliphatic rings. The van der Waals surface area contributed by atoms with Crippen molar-refractivity contribution in [2.75, 3.05) is 12.4 Å². The summed E-state index contributed by atoms with van der Waals surface area (Å²) in [6, 6.07) is 11.1. The number of H-pyrrole nitrogens is 1. The molecule has 0 unspecified atom stereocenters. The summed E-state index contributed by atoms with van der Waals surface area (Å²) in [6.45, 7) is 1.89. The van der Waals surface area contributed by atoms with Crippen LogP contribution in [0.3, 0.4) is 0 Å². The van der Waals surface area contributed by atoms with Crippen molar-refractivity contribution in [3.63, 3.8) is 0 Å². The average Bonchev–Trinajstić information content (AvgIpc) is 3.33. The smallest absolute Gasteiger partial charge is 0.227 e. The lowest BCUT2D eigenvalue weighted by atomic mass is 10.2. The van der Waals surface area contributed by atoms with Gasteiger partial charge in [-0.2, -0.15) is 10.1 Å². The SMILES string of the molecule is COc1cccc(-c2noc(CCC(=O)Nc3n[nH]c4nc(C)ccc34)n2)c1. The predicted octanol–water partition coefficient (Wildman–Crippen LogP) is 2.90. The zero-order valence-corrected chi connectivity index (χ0v) is 15.4. The van der Waals surface area contributed by atoms with Gasteiger partial charge in [-0.15, -0.1) is 0 Å². The van der Waals surface area contributed by atoms with Crippen molar-refractivity contribution in [2.24, 2.45) is 0 Å². The average molecular weight is 378 g/mol. The molecule has 0 fully saturated rings.